The molecule has 0 bridgehead atoms. The summed E-state index contributed by atoms with van der Waals surface area (Å²) in [6.45, 7) is 0.773. The van der Waals surface area contributed by atoms with Crippen molar-refractivity contribution in [2.45, 2.75) is 31.7 Å². The third-order valence-electron chi connectivity index (χ3n) is 3.22. The molecule has 1 fully saturated rings. The lowest BCUT2D eigenvalue weighted by molar-refractivity contribution is 0.296. The third kappa shape index (κ3) is 2.90. The Balaban J connectivity index is 2.24. The van der Waals surface area contributed by atoms with E-state index >= 15 is 0 Å². The van der Waals surface area contributed by atoms with Gasteiger partial charge in [-0.2, -0.15) is 0 Å². The van der Waals surface area contributed by atoms with Gasteiger partial charge in [-0.25, -0.2) is 4.98 Å². The Morgan fingerprint density at radius 2 is 2.18 bits per heavy atom. The molecule has 1 aliphatic carbocycles. The molecule has 2 rings (SSSR count). The number of hydrogen-bond donors (Lipinski definition) is 2. The molecule has 17 heavy (non-hydrogen) atoms. The number of pyridine rings is 1. The zero-order valence-corrected chi connectivity index (χ0v) is 11.4. The fourth-order valence-corrected chi connectivity index (χ4v) is 3.04. The van der Waals surface area contributed by atoms with E-state index in [0.29, 0.717) is 18.3 Å². The van der Waals surface area contributed by atoms with Crippen molar-refractivity contribution < 1.29 is 5.11 Å². The van der Waals surface area contributed by atoms with Crippen molar-refractivity contribution in [2.24, 2.45) is 0 Å². The van der Waals surface area contributed by atoms with E-state index in [-0.39, 0.29) is 6.61 Å². The minimum atomic E-state index is 0.148. The molecular weight excluding hydrogens is 282 g/mol. The SMILES string of the molecule is Nc1cnc(N(CCO)C2CCCC2)c(Br)c1. The first-order valence-electron chi connectivity index (χ1n) is 6.01. The molecule has 0 atom stereocenters. The number of nitrogen functional groups attached to an aromatic ring is 1. The number of aliphatic hydroxyl groups is 1. The topological polar surface area (TPSA) is 62.4 Å². The zero-order valence-electron chi connectivity index (χ0n) is 9.77. The Bertz CT molecular complexity index is 380. The highest BCUT2D eigenvalue weighted by atomic mass is 79.9. The summed E-state index contributed by atoms with van der Waals surface area (Å²) in [6.07, 6.45) is 6.55. The molecule has 0 aliphatic heterocycles. The van der Waals surface area contributed by atoms with Gasteiger partial charge in [0.2, 0.25) is 0 Å². The number of nitrogens with zero attached hydrogens (tertiary/aromatic N) is 2. The van der Waals surface area contributed by atoms with Crippen molar-refractivity contribution in [3.63, 3.8) is 0 Å². The maximum atomic E-state index is 9.19. The van der Waals surface area contributed by atoms with E-state index in [1.807, 2.05) is 6.07 Å². The minimum absolute atomic E-state index is 0.148. The van der Waals surface area contributed by atoms with Crippen molar-refractivity contribution in [1.29, 1.82) is 0 Å². The second-order valence-electron chi connectivity index (χ2n) is 4.43. The van der Waals surface area contributed by atoms with Gasteiger partial charge in [0.25, 0.3) is 0 Å². The summed E-state index contributed by atoms with van der Waals surface area (Å²) in [5.74, 6) is 0.889. The predicted octanol–water partition coefficient (Wildman–Crippen LogP) is 2.17. The summed E-state index contributed by atoms with van der Waals surface area (Å²) in [7, 11) is 0. The average Bonchev–Trinajstić information content (AvgIpc) is 2.80. The Labute approximate surface area is 110 Å². The van der Waals surface area contributed by atoms with E-state index < -0.39 is 0 Å². The minimum Gasteiger partial charge on any atom is -0.397 e. The maximum absolute atomic E-state index is 9.19. The first kappa shape index (κ1) is 12.6. The summed E-state index contributed by atoms with van der Waals surface area (Å²) >= 11 is 3.50. The second kappa shape index (κ2) is 5.69. The van der Waals surface area contributed by atoms with E-state index in [1.54, 1.807) is 6.20 Å². The van der Waals surface area contributed by atoms with Crippen LogP contribution in [-0.2, 0) is 0 Å². The van der Waals surface area contributed by atoms with Crippen LogP contribution in [0.3, 0.4) is 0 Å². The molecular formula is C12H18BrN3O. The molecule has 0 saturated heterocycles. The van der Waals surface area contributed by atoms with Crippen molar-refractivity contribution in [3.8, 4) is 0 Å². The van der Waals surface area contributed by atoms with Crippen LogP contribution in [0, 0.1) is 0 Å². The Morgan fingerprint density at radius 3 is 2.76 bits per heavy atom. The van der Waals surface area contributed by atoms with Gasteiger partial charge in [-0.3, -0.25) is 0 Å². The van der Waals surface area contributed by atoms with E-state index in [1.165, 1.54) is 25.7 Å². The highest BCUT2D eigenvalue weighted by molar-refractivity contribution is 9.10. The molecule has 3 N–H and O–H groups in total. The van der Waals surface area contributed by atoms with Crippen molar-refractivity contribution in [2.75, 3.05) is 23.8 Å². The predicted molar refractivity (Wildman–Crippen MR) is 73.0 cm³/mol. The van der Waals surface area contributed by atoms with Gasteiger partial charge in [0.15, 0.2) is 0 Å². The van der Waals surface area contributed by atoms with E-state index in [2.05, 4.69) is 25.8 Å². The van der Waals surface area contributed by atoms with E-state index in [0.717, 1.165) is 10.3 Å². The smallest absolute Gasteiger partial charge is 0.143 e. The number of anilines is 2. The molecule has 94 valence electrons. The van der Waals surface area contributed by atoms with Gasteiger partial charge < -0.3 is 15.7 Å². The molecule has 1 saturated carbocycles. The molecule has 4 nitrogen and oxygen atoms in total. The highest BCUT2D eigenvalue weighted by Gasteiger charge is 2.24. The van der Waals surface area contributed by atoms with Gasteiger partial charge in [0.1, 0.15) is 5.82 Å². The number of aromatic nitrogens is 1. The van der Waals surface area contributed by atoms with Gasteiger partial charge in [-0.05, 0) is 34.8 Å². The number of halogens is 1. The molecule has 0 amide bonds. The standard InChI is InChI=1S/C12H18BrN3O/c13-11-7-9(14)8-15-12(11)16(5-6-17)10-3-1-2-4-10/h7-8,10,17H,1-6,14H2. The van der Waals surface area contributed by atoms with Gasteiger partial charge in [-0.15, -0.1) is 0 Å². The lowest BCUT2D eigenvalue weighted by Crippen LogP contribution is -2.36. The lowest BCUT2D eigenvalue weighted by Gasteiger charge is -2.30. The van der Waals surface area contributed by atoms with Crippen molar-refractivity contribution >= 4 is 27.4 Å². The van der Waals surface area contributed by atoms with Gasteiger partial charge >= 0.3 is 0 Å². The largest absolute Gasteiger partial charge is 0.397 e. The quantitative estimate of drug-likeness (QED) is 0.894. The normalized spacial score (nSPS) is 16.4. The Hall–Kier alpha value is -0.810. The van der Waals surface area contributed by atoms with Crippen LogP contribution >= 0.6 is 15.9 Å². The summed E-state index contributed by atoms with van der Waals surface area (Å²) < 4.78 is 0.901. The summed E-state index contributed by atoms with van der Waals surface area (Å²) in [5, 5.41) is 9.19. The molecule has 0 aromatic carbocycles. The molecule has 0 unspecified atom stereocenters. The Kier molecular flexibility index (Phi) is 4.23. The number of hydrogen-bond acceptors (Lipinski definition) is 4. The fraction of sp³-hybridized carbons (Fsp3) is 0.583. The number of nitrogens with two attached hydrogens (primary N) is 1. The average molecular weight is 300 g/mol. The molecule has 1 aromatic heterocycles. The van der Waals surface area contributed by atoms with E-state index in [9.17, 15) is 5.11 Å². The summed E-state index contributed by atoms with van der Waals surface area (Å²) in [4.78, 5) is 6.58. The van der Waals surface area contributed by atoms with Crippen LogP contribution in [0.1, 0.15) is 25.7 Å². The molecule has 0 radical (unpaired) electrons. The van der Waals surface area contributed by atoms with Gasteiger partial charge in [0, 0.05) is 12.6 Å². The highest BCUT2D eigenvalue weighted by Crippen LogP contribution is 2.32. The third-order valence-corrected chi connectivity index (χ3v) is 3.80. The molecule has 0 spiro atoms. The zero-order chi connectivity index (χ0) is 12.3. The Morgan fingerprint density at radius 1 is 1.47 bits per heavy atom. The van der Waals surface area contributed by atoms with Crippen LogP contribution in [-0.4, -0.2) is 29.3 Å². The summed E-state index contributed by atoms with van der Waals surface area (Å²) in [6, 6.07) is 2.36. The van der Waals surface area contributed by atoms with Crippen molar-refractivity contribution in [3.05, 3.63) is 16.7 Å². The molecule has 1 aromatic rings. The molecule has 1 aliphatic rings. The van der Waals surface area contributed by atoms with Crippen LogP contribution in [0.15, 0.2) is 16.7 Å². The van der Waals surface area contributed by atoms with Gasteiger partial charge in [-0.1, -0.05) is 12.8 Å². The second-order valence-corrected chi connectivity index (χ2v) is 5.28. The maximum Gasteiger partial charge on any atom is 0.143 e. The first-order valence-corrected chi connectivity index (χ1v) is 6.80. The van der Waals surface area contributed by atoms with Crippen LogP contribution in [0.25, 0.3) is 0 Å². The molecule has 1 heterocycles. The first-order chi connectivity index (χ1) is 8.22. The molecule has 5 heteroatoms. The fourth-order valence-electron chi connectivity index (χ4n) is 2.44. The monoisotopic (exact) mass is 299 g/mol. The summed E-state index contributed by atoms with van der Waals surface area (Å²) in [5.41, 5.74) is 6.34. The van der Waals surface area contributed by atoms with Crippen LogP contribution in [0.5, 0.6) is 0 Å². The number of aliphatic hydroxyl groups excluding tert-OH is 1. The van der Waals surface area contributed by atoms with Crippen LogP contribution < -0.4 is 10.6 Å². The van der Waals surface area contributed by atoms with Crippen LogP contribution in [0.2, 0.25) is 0 Å². The number of rotatable bonds is 4. The van der Waals surface area contributed by atoms with Gasteiger partial charge in [0.05, 0.1) is 23.0 Å². The van der Waals surface area contributed by atoms with Crippen LogP contribution in [0.4, 0.5) is 11.5 Å². The van der Waals surface area contributed by atoms with E-state index in [4.69, 9.17) is 5.73 Å². The van der Waals surface area contributed by atoms with Crippen molar-refractivity contribution in [1.82, 2.24) is 4.98 Å². The lowest BCUT2D eigenvalue weighted by atomic mass is 10.2.